The molecular formula is C14H22N2OS. The standard InChI is InChI=1S/C14H22N2OS/c1-18-12-4-11-17-14-6-3-2-5-13(14)16-9-7-15-8-10-16/h2-3,5-6,15H,4,7-12H2,1H3. The average molecular weight is 266 g/mol. The molecule has 0 amide bonds. The molecule has 0 atom stereocenters. The monoisotopic (exact) mass is 266 g/mol. The van der Waals surface area contributed by atoms with Crippen molar-refractivity contribution in [3.05, 3.63) is 24.3 Å². The van der Waals surface area contributed by atoms with E-state index >= 15 is 0 Å². The van der Waals surface area contributed by atoms with Crippen molar-refractivity contribution in [1.82, 2.24) is 5.32 Å². The zero-order chi connectivity index (χ0) is 12.6. The highest BCUT2D eigenvalue weighted by Crippen LogP contribution is 2.28. The van der Waals surface area contributed by atoms with Crippen LogP contribution in [-0.2, 0) is 0 Å². The highest BCUT2D eigenvalue weighted by Gasteiger charge is 2.14. The Morgan fingerprint density at radius 2 is 2.06 bits per heavy atom. The van der Waals surface area contributed by atoms with Crippen LogP contribution in [0, 0.1) is 0 Å². The fraction of sp³-hybridized carbons (Fsp3) is 0.571. The van der Waals surface area contributed by atoms with Gasteiger partial charge < -0.3 is 15.0 Å². The van der Waals surface area contributed by atoms with Gasteiger partial charge in [-0.3, -0.25) is 0 Å². The van der Waals surface area contributed by atoms with E-state index < -0.39 is 0 Å². The summed E-state index contributed by atoms with van der Waals surface area (Å²) in [5, 5.41) is 3.38. The molecule has 0 aliphatic carbocycles. The molecule has 0 saturated carbocycles. The van der Waals surface area contributed by atoms with Crippen LogP contribution in [0.5, 0.6) is 5.75 Å². The predicted molar refractivity (Wildman–Crippen MR) is 80.0 cm³/mol. The molecule has 1 aliphatic heterocycles. The number of thioether (sulfide) groups is 1. The second-order valence-electron chi connectivity index (χ2n) is 4.40. The summed E-state index contributed by atoms with van der Waals surface area (Å²) in [7, 11) is 0. The number of nitrogens with zero attached hydrogens (tertiary/aromatic N) is 1. The van der Waals surface area contributed by atoms with Crippen molar-refractivity contribution in [3.8, 4) is 5.75 Å². The van der Waals surface area contributed by atoms with Gasteiger partial charge in [0.15, 0.2) is 0 Å². The van der Waals surface area contributed by atoms with Gasteiger partial charge in [0, 0.05) is 26.2 Å². The van der Waals surface area contributed by atoms with Gasteiger partial charge in [-0.25, -0.2) is 0 Å². The fourth-order valence-electron chi connectivity index (χ4n) is 2.13. The minimum Gasteiger partial charge on any atom is -0.491 e. The average Bonchev–Trinajstić information content (AvgIpc) is 2.45. The van der Waals surface area contributed by atoms with Gasteiger partial charge in [-0.1, -0.05) is 12.1 Å². The molecule has 4 heteroatoms. The molecule has 18 heavy (non-hydrogen) atoms. The van der Waals surface area contributed by atoms with Crippen LogP contribution in [0.25, 0.3) is 0 Å². The van der Waals surface area contributed by atoms with Crippen LogP contribution in [0.2, 0.25) is 0 Å². The highest BCUT2D eigenvalue weighted by molar-refractivity contribution is 7.98. The van der Waals surface area contributed by atoms with Crippen LogP contribution in [0.3, 0.4) is 0 Å². The van der Waals surface area contributed by atoms with Gasteiger partial charge in [-0.05, 0) is 30.6 Å². The Labute approximate surface area is 114 Å². The van der Waals surface area contributed by atoms with Crippen LogP contribution >= 0.6 is 11.8 Å². The number of hydrogen-bond acceptors (Lipinski definition) is 4. The Morgan fingerprint density at radius 3 is 2.83 bits per heavy atom. The summed E-state index contributed by atoms with van der Waals surface area (Å²) in [6, 6.07) is 8.38. The largest absolute Gasteiger partial charge is 0.491 e. The first kappa shape index (κ1) is 13.6. The number of para-hydroxylation sites is 2. The quantitative estimate of drug-likeness (QED) is 0.798. The molecule has 0 bridgehead atoms. The van der Waals surface area contributed by atoms with Crippen molar-refractivity contribution >= 4 is 17.4 Å². The molecular weight excluding hydrogens is 244 g/mol. The molecule has 0 aromatic heterocycles. The van der Waals surface area contributed by atoms with E-state index in [-0.39, 0.29) is 0 Å². The SMILES string of the molecule is CSCCCOc1ccccc1N1CCNCC1. The van der Waals surface area contributed by atoms with Gasteiger partial charge in [0.05, 0.1) is 12.3 Å². The molecule has 1 saturated heterocycles. The summed E-state index contributed by atoms with van der Waals surface area (Å²) in [5.41, 5.74) is 1.24. The summed E-state index contributed by atoms with van der Waals surface area (Å²) >= 11 is 1.87. The summed E-state index contributed by atoms with van der Waals surface area (Å²) in [5.74, 6) is 2.19. The smallest absolute Gasteiger partial charge is 0.142 e. The maximum atomic E-state index is 5.92. The van der Waals surface area contributed by atoms with Crippen LogP contribution < -0.4 is 15.0 Å². The topological polar surface area (TPSA) is 24.5 Å². The van der Waals surface area contributed by atoms with Crippen molar-refractivity contribution in [1.29, 1.82) is 0 Å². The molecule has 1 heterocycles. The van der Waals surface area contributed by atoms with E-state index in [0.29, 0.717) is 0 Å². The van der Waals surface area contributed by atoms with Gasteiger partial charge in [-0.2, -0.15) is 11.8 Å². The minimum absolute atomic E-state index is 0.809. The van der Waals surface area contributed by atoms with Gasteiger partial charge in [0.25, 0.3) is 0 Å². The lowest BCUT2D eigenvalue weighted by Gasteiger charge is -2.30. The highest BCUT2D eigenvalue weighted by atomic mass is 32.2. The number of anilines is 1. The zero-order valence-corrected chi connectivity index (χ0v) is 11.8. The summed E-state index contributed by atoms with van der Waals surface area (Å²) in [4.78, 5) is 2.40. The maximum Gasteiger partial charge on any atom is 0.142 e. The first-order valence-corrected chi connectivity index (χ1v) is 7.97. The third-order valence-electron chi connectivity index (χ3n) is 3.07. The van der Waals surface area contributed by atoms with Crippen molar-refractivity contribution in [2.45, 2.75) is 6.42 Å². The Bertz CT molecular complexity index is 353. The van der Waals surface area contributed by atoms with E-state index in [4.69, 9.17) is 4.74 Å². The van der Waals surface area contributed by atoms with Gasteiger partial charge in [-0.15, -0.1) is 0 Å². The van der Waals surface area contributed by atoms with Crippen LogP contribution in [0.15, 0.2) is 24.3 Å². The van der Waals surface area contributed by atoms with Crippen LogP contribution in [0.4, 0.5) is 5.69 Å². The number of nitrogens with one attached hydrogen (secondary N) is 1. The molecule has 0 unspecified atom stereocenters. The molecule has 3 nitrogen and oxygen atoms in total. The fourth-order valence-corrected chi connectivity index (χ4v) is 2.54. The molecule has 0 radical (unpaired) electrons. The summed E-state index contributed by atoms with van der Waals surface area (Å²) in [6.07, 6.45) is 3.24. The van der Waals surface area contributed by atoms with Crippen molar-refractivity contribution in [2.24, 2.45) is 0 Å². The van der Waals surface area contributed by atoms with E-state index in [2.05, 4.69) is 40.7 Å². The first-order valence-electron chi connectivity index (χ1n) is 6.58. The molecule has 1 aliphatic rings. The summed E-state index contributed by atoms with van der Waals surface area (Å²) < 4.78 is 5.92. The second-order valence-corrected chi connectivity index (χ2v) is 5.39. The molecule has 0 spiro atoms. The van der Waals surface area contributed by atoms with E-state index in [0.717, 1.165) is 50.7 Å². The lowest BCUT2D eigenvalue weighted by molar-refractivity contribution is 0.318. The normalized spacial score (nSPS) is 15.7. The molecule has 1 N–H and O–H groups in total. The lowest BCUT2D eigenvalue weighted by Crippen LogP contribution is -2.43. The second kappa shape index (κ2) is 7.54. The Hall–Kier alpha value is -0.870. The third kappa shape index (κ3) is 3.82. The van der Waals surface area contributed by atoms with Crippen LogP contribution in [0.1, 0.15) is 6.42 Å². The first-order chi connectivity index (χ1) is 8.92. The lowest BCUT2D eigenvalue weighted by atomic mass is 10.2. The number of benzene rings is 1. The van der Waals surface area contributed by atoms with E-state index in [1.54, 1.807) is 0 Å². The Kier molecular flexibility index (Phi) is 5.68. The van der Waals surface area contributed by atoms with Gasteiger partial charge >= 0.3 is 0 Å². The third-order valence-corrected chi connectivity index (χ3v) is 3.77. The molecule has 1 aromatic rings. The molecule has 1 aromatic carbocycles. The van der Waals surface area contributed by atoms with Gasteiger partial charge in [0.2, 0.25) is 0 Å². The van der Waals surface area contributed by atoms with Crippen molar-refractivity contribution in [2.75, 3.05) is 49.7 Å². The predicted octanol–water partition coefficient (Wildman–Crippen LogP) is 2.23. The maximum absolute atomic E-state index is 5.92. The zero-order valence-electron chi connectivity index (χ0n) is 11.0. The Balaban J connectivity index is 1.96. The van der Waals surface area contributed by atoms with E-state index in [1.807, 2.05) is 11.8 Å². The molecule has 1 fully saturated rings. The van der Waals surface area contributed by atoms with E-state index in [9.17, 15) is 0 Å². The van der Waals surface area contributed by atoms with Crippen LogP contribution in [-0.4, -0.2) is 44.8 Å². The number of rotatable bonds is 6. The molecule has 100 valence electrons. The Morgan fingerprint density at radius 1 is 1.28 bits per heavy atom. The van der Waals surface area contributed by atoms with Gasteiger partial charge in [0.1, 0.15) is 5.75 Å². The van der Waals surface area contributed by atoms with Crippen molar-refractivity contribution < 1.29 is 4.74 Å². The molecule has 2 rings (SSSR count). The summed E-state index contributed by atoms with van der Waals surface area (Å²) in [6.45, 7) is 5.04. The number of piperazine rings is 1. The number of ether oxygens (including phenoxy) is 1. The minimum atomic E-state index is 0.809. The number of hydrogen-bond donors (Lipinski definition) is 1. The van der Waals surface area contributed by atoms with Crippen molar-refractivity contribution in [3.63, 3.8) is 0 Å². The van der Waals surface area contributed by atoms with E-state index in [1.165, 1.54) is 5.69 Å².